The van der Waals surface area contributed by atoms with Crippen molar-refractivity contribution in [1.29, 1.82) is 0 Å². The van der Waals surface area contributed by atoms with E-state index in [2.05, 4.69) is 25.7 Å². The van der Waals surface area contributed by atoms with Gasteiger partial charge in [-0.3, -0.25) is 4.90 Å². The average molecular weight is 281 g/mol. The van der Waals surface area contributed by atoms with Crippen molar-refractivity contribution in [2.45, 2.75) is 90.1 Å². The number of nitrogens with two attached hydrogens (primary N) is 1. The fraction of sp³-hybridized carbons (Fsp3) is 1.00. The molecule has 20 heavy (non-hydrogen) atoms. The summed E-state index contributed by atoms with van der Waals surface area (Å²) < 4.78 is 0. The summed E-state index contributed by atoms with van der Waals surface area (Å²) in [4.78, 5) is 2.79. The third-order valence-corrected chi connectivity index (χ3v) is 5.73. The molecule has 2 atom stereocenters. The molecule has 0 aromatic rings. The molecule has 2 fully saturated rings. The second-order valence-corrected chi connectivity index (χ2v) is 7.70. The summed E-state index contributed by atoms with van der Waals surface area (Å²) in [6.45, 7) is 9.22. The van der Waals surface area contributed by atoms with Gasteiger partial charge in [-0.25, -0.2) is 0 Å². The zero-order valence-electron chi connectivity index (χ0n) is 14.0. The topological polar surface area (TPSA) is 29.3 Å². The standard InChI is InChI=1S/C18H36N2/c1-4-6-16-7-5-11-18(14-19,12-10-16)20(15(2)3)13-17-8-9-17/h15-17H,4-14,19H2,1-3H3. The molecule has 0 aromatic heterocycles. The molecule has 0 spiro atoms. The Balaban J connectivity index is 2.05. The fourth-order valence-corrected chi connectivity index (χ4v) is 4.30. The molecule has 2 unspecified atom stereocenters. The molecule has 0 aromatic carbocycles. The maximum Gasteiger partial charge on any atom is 0.0334 e. The van der Waals surface area contributed by atoms with E-state index in [1.54, 1.807) is 0 Å². The highest BCUT2D eigenvalue weighted by molar-refractivity contribution is 4.97. The lowest BCUT2D eigenvalue weighted by Gasteiger charge is -2.46. The molecule has 2 rings (SSSR count). The molecule has 0 aliphatic heterocycles. The smallest absolute Gasteiger partial charge is 0.0334 e. The van der Waals surface area contributed by atoms with Crippen molar-refractivity contribution >= 4 is 0 Å². The number of rotatable bonds is 7. The van der Waals surface area contributed by atoms with Crippen LogP contribution in [0.1, 0.15) is 78.6 Å². The van der Waals surface area contributed by atoms with Gasteiger partial charge in [0.1, 0.15) is 0 Å². The van der Waals surface area contributed by atoms with E-state index in [0.717, 1.165) is 18.4 Å². The van der Waals surface area contributed by atoms with Crippen molar-refractivity contribution in [3.63, 3.8) is 0 Å². The van der Waals surface area contributed by atoms with E-state index in [0.29, 0.717) is 11.6 Å². The van der Waals surface area contributed by atoms with Crippen molar-refractivity contribution in [2.75, 3.05) is 13.1 Å². The van der Waals surface area contributed by atoms with Crippen LogP contribution in [0.3, 0.4) is 0 Å². The minimum Gasteiger partial charge on any atom is -0.329 e. The number of nitrogens with zero attached hydrogens (tertiary/aromatic N) is 1. The highest BCUT2D eigenvalue weighted by atomic mass is 15.2. The van der Waals surface area contributed by atoms with Crippen LogP contribution in [0.25, 0.3) is 0 Å². The Hall–Kier alpha value is -0.0800. The van der Waals surface area contributed by atoms with Gasteiger partial charge in [0.15, 0.2) is 0 Å². The molecule has 0 heterocycles. The van der Waals surface area contributed by atoms with Crippen LogP contribution in [-0.4, -0.2) is 29.6 Å². The summed E-state index contributed by atoms with van der Waals surface area (Å²) in [5.74, 6) is 1.93. The predicted molar refractivity (Wildman–Crippen MR) is 87.8 cm³/mol. The van der Waals surface area contributed by atoms with E-state index in [4.69, 9.17) is 5.73 Å². The van der Waals surface area contributed by atoms with Gasteiger partial charge in [-0.15, -0.1) is 0 Å². The quantitative estimate of drug-likeness (QED) is 0.709. The predicted octanol–water partition coefficient (Wildman–Crippen LogP) is 4.18. The molecule has 0 bridgehead atoms. The van der Waals surface area contributed by atoms with Crippen molar-refractivity contribution < 1.29 is 0 Å². The van der Waals surface area contributed by atoms with Crippen molar-refractivity contribution in [2.24, 2.45) is 17.6 Å². The van der Waals surface area contributed by atoms with Gasteiger partial charge in [0, 0.05) is 24.7 Å². The molecule has 2 N–H and O–H groups in total. The van der Waals surface area contributed by atoms with Gasteiger partial charge in [0.2, 0.25) is 0 Å². The largest absolute Gasteiger partial charge is 0.329 e. The molecular weight excluding hydrogens is 244 g/mol. The summed E-state index contributed by atoms with van der Waals surface area (Å²) in [5.41, 5.74) is 6.63. The minimum atomic E-state index is 0.305. The number of hydrogen-bond acceptors (Lipinski definition) is 2. The van der Waals surface area contributed by atoms with E-state index >= 15 is 0 Å². The van der Waals surface area contributed by atoms with Crippen LogP contribution >= 0.6 is 0 Å². The first-order valence-electron chi connectivity index (χ1n) is 9.08. The van der Waals surface area contributed by atoms with Crippen molar-refractivity contribution in [3.8, 4) is 0 Å². The molecule has 0 amide bonds. The molecule has 118 valence electrons. The van der Waals surface area contributed by atoms with Crippen LogP contribution in [0, 0.1) is 11.8 Å². The maximum absolute atomic E-state index is 6.32. The number of hydrogen-bond donors (Lipinski definition) is 1. The Kier molecular flexibility index (Phi) is 5.92. The van der Waals surface area contributed by atoms with Gasteiger partial charge in [0.05, 0.1) is 0 Å². The monoisotopic (exact) mass is 280 g/mol. The second kappa shape index (κ2) is 7.26. The minimum absolute atomic E-state index is 0.305. The summed E-state index contributed by atoms with van der Waals surface area (Å²) in [6.07, 6.45) is 12.5. The van der Waals surface area contributed by atoms with Gasteiger partial charge < -0.3 is 5.73 Å². The Morgan fingerprint density at radius 2 is 1.85 bits per heavy atom. The first-order chi connectivity index (χ1) is 9.61. The van der Waals surface area contributed by atoms with Crippen LogP contribution < -0.4 is 5.73 Å². The van der Waals surface area contributed by atoms with Crippen LogP contribution in [0.5, 0.6) is 0 Å². The normalized spacial score (nSPS) is 31.8. The van der Waals surface area contributed by atoms with E-state index in [9.17, 15) is 0 Å². The SMILES string of the molecule is CCCC1CCCC(CN)(N(CC2CC2)C(C)C)CC1. The molecular formula is C18H36N2. The summed E-state index contributed by atoms with van der Waals surface area (Å²) in [6, 6.07) is 0.641. The lowest BCUT2D eigenvalue weighted by molar-refractivity contribution is 0.0421. The third-order valence-electron chi connectivity index (χ3n) is 5.73. The van der Waals surface area contributed by atoms with Crippen LogP contribution in [0.2, 0.25) is 0 Å². The molecule has 2 aliphatic rings. The molecule has 0 saturated heterocycles. The van der Waals surface area contributed by atoms with E-state index in [1.807, 2.05) is 0 Å². The molecule has 2 saturated carbocycles. The molecule has 2 aliphatic carbocycles. The van der Waals surface area contributed by atoms with Crippen LogP contribution in [-0.2, 0) is 0 Å². The van der Waals surface area contributed by atoms with E-state index < -0.39 is 0 Å². The third kappa shape index (κ3) is 3.98. The van der Waals surface area contributed by atoms with Crippen molar-refractivity contribution in [3.05, 3.63) is 0 Å². The van der Waals surface area contributed by atoms with Gasteiger partial charge in [0.25, 0.3) is 0 Å². The maximum atomic E-state index is 6.32. The van der Waals surface area contributed by atoms with Crippen LogP contribution in [0.4, 0.5) is 0 Å². The van der Waals surface area contributed by atoms with Gasteiger partial charge in [-0.05, 0) is 57.8 Å². The lowest BCUT2D eigenvalue weighted by atomic mass is 9.85. The Morgan fingerprint density at radius 1 is 1.10 bits per heavy atom. The van der Waals surface area contributed by atoms with E-state index in [1.165, 1.54) is 64.3 Å². The highest BCUT2D eigenvalue weighted by Gasteiger charge is 2.40. The van der Waals surface area contributed by atoms with E-state index in [-0.39, 0.29) is 0 Å². The second-order valence-electron chi connectivity index (χ2n) is 7.70. The Morgan fingerprint density at radius 3 is 2.40 bits per heavy atom. The van der Waals surface area contributed by atoms with Gasteiger partial charge in [-0.2, -0.15) is 0 Å². The molecule has 0 radical (unpaired) electrons. The summed E-state index contributed by atoms with van der Waals surface area (Å²) >= 11 is 0. The summed E-state index contributed by atoms with van der Waals surface area (Å²) in [7, 11) is 0. The average Bonchev–Trinajstić information content (AvgIpc) is 3.24. The molecule has 2 nitrogen and oxygen atoms in total. The summed E-state index contributed by atoms with van der Waals surface area (Å²) in [5, 5.41) is 0. The Bertz CT molecular complexity index is 285. The highest BCUT2D eigenvalue weighted by Crippen LogP contribution is 2.40. The Labute approximate surface area is 126 Å². The first kappa shape index (κ1) is 16.3. The zero-order chi connectivity index (χ0) is 14.6. The van der Waals surface area contributed by atoms with Gasteiger partial charge >= 0.3 is 0 Å². The lowest BCUT2D eigenvalue weighted by Crippen LogP contribution is -2.57. The van der Waals surface area contributed by atoms with Crippen LogP contribution in [0.15, 0.2) is 0 Å². The first-order valence-corrected chi connectivity index (χ1v) is 9.08. The zero-order valence-corrected chi connectivity index (χ0v) is 14.0. The van der Waals surface area contributed by atoms with Gasteiger partial charge in [-0.1, -0.05) is 32.6 Å². The van der Waals surface area contributed by atoms with Crippen molar-refractivity contribution in [1.82, 2.24) is 4.90 Å². The molecule has 2 heteroatoms. The fourth-order valence-electron chi connectivity index (χ4n) is 4.30.